The van der Waals surface area contributed by atoms with E-state index in [1.165, 1.54) is 4.88 Å². The lowest BCUT2D eigenvalue weighted by molar-refractivity contribution is -0.293. The number of aryl methyl sites for hydroxylation is 1. The van der Waals surface area contributed by atoms with Crippen LogP contribution in [0.25, 0.3) is 10.2 Å². The molecule has 5 heterocycles. The van der Waals surface area contributed by atoms with Gasteiger partial charge in [-0.15, -0.1) is 21.5 Å². The van der Waals surface area contributed by atoms with Crippen molar-refractivity contribution in [2.24, 2.45) is 5.92 Å². The Morgan fingerprint density at radius 3 is 2.46 bits per heavy atom. The number of alkyl halides is 5. The molecule has 0 N–H and O–H groups in total. The second-order valence-corrected chi connectivity index (χ2v) is 10.7. The fourth-order valence-corrected chi connectivity index (χ4v) is 6.07. The van der Waals surface area contributed by atoms with Crippen molar-refractivity contribution in [1.29, 1.82) is 0 Å². The molecule has 1 unspecified atom stereocenters. The highest BCUT2D eigenvalue weighted by molar-refractivity contribution is 7.18. The summed E-state index contributed by atoms with van der Waals surface area (Å²) in [4.78, 5) is 14.1. The number of nitrogens with zero attached hydrogens (tertiary/aromatic N) is 6. The summed E-state index contributed by atoms with van der Waals surface area (Å²) in [7, 11) is 0. The van der Waals surface area contributed by atoms with Crippen LogP contribution in [0.1, 0.15) is 67.7 Å². The highest BCUT2D eigenvalue weighted by atomic mass is 32.1. The molecule has 1 atom stereocenters. The third-order valence-corrected chi connectivity index (χ3v) is 8.09. The normalized spacial score (nSPS) is 20.0. The molecule has 0 aromatic carbocycles. The van der Waals surface area contributed by atoms with Crippen LogP contribution in [0.15, 0.2) is 6.07 Å². The van der Waals surface area contributed by atoms with Crippen molar-refractivity contribution in [3.63, 3.8) is 0 Å². The molecule has 3 aromatic rings. The van der Waals surface area contributed by atoms with Gasteiger partial charge in [-0.05, 0) is 37.7 Å². The Bertz CT molecular complexity index is 1210. The molecule has 35 heavy (non-hydrogen) atoms. The number of thiophene rings is 1. The maximum atomic E-state index is 14.0. The highest BCUT2D eigenvalue weighted by Crippen LogP contribution is 2.45. The van der Waals surface area contributed by atoms with Gasteiger partial charge in [0.25, 0.3) is 0 Å². The van der Waals surface area contributed by atoms with E-state index in [0.29, 0.717) is 18.3 Å². The Morgan fingerprint density at radius 1 is 1.03 bits per heavy atom. The second kappa shape index (κ2) is 8.94. The first-order valence-corrected chi connectivity index (χ1v) is 12.8. The van der Waals surface area contributed by atoms with Gasteiger partial charge in [0.1, 0.15) is 10.7 Å². The van der Waals surface area contributed by atoms with E-state index < -0.39 is 17.9 Å². The minimum atomic E-state index is -5.72. The van der Waals surface area contributed by atoms with Gasteiger partial charge in [0, 0.05) is 42.2 Å². The molecule has 0 radical (unpaired) electrons. The number of anilines is 1. The van der Waals surface area contributed by atoms with Crippen LogP contribution >= 0.6 is 11.3 Å². The predicted molar refractivity (Wildman–Crippen MR) is 123 cm³/mol. The molecule has 1 fully saturated rings. The molecule has 190 valence electrons. The zero-order valence-corrected chi connectivity index (χ0v) is 20.4. The van der Waals surface area contributed by atoms with E-state index >= 15 is 0 Å². The fraction of sp³-hybridized carbons (Fsp3) is 0.652. The molecule has 0 bridgehead atoms. The molecule has 2 aliphatic rings. The third kappa shape index (κ3) is 4.38. The Morgan fingerprint density at radius 2 is 1.77 bits per heavy atom. The van der Waals surface area contributed by atoms with Gasteiger partial charge in [0.15, 0.2) is 0 Å². The highest BCUT2D eigenvalue weighted by Gasteiger charge is 2.62. The van der Waals surface area contributed by atoms with Crippen LogP contribution in [0, 0.1) is 5.92 Å². The molecule has 6 nitrogen and oxygen atoms in total. The summed E-state index contributed by atoms with van der Waals surface area (Å²) >= 11 is 1.64. The van der Waals surface area contributed by atoms with E-state index in [4.69, 9.17) is 9.97 Å². The minimum Gasteiger partial charge on any atom is -0.341 e. The molecular formula is C23H27F5N6S. The molecule has 0 spiro atoms. The molecule has 3 aromatic heterocycles. The summed E-state index contributed by atoms with van der Waals surface area (Å²) in [5.74, 6) is -5.11. The number of hydrogen-bond donors (Lipinski definition) is 0. The summed E-state index contributed by atoms with van der Waals surface area (Å²) in [5.41, 5.74) is 0.820. The molecule has 1 saturated heterocycles. The molecule has 0 aliphatic carbocycles. The quantitative estimate of drug-likeness (QED) is 0.400. The van der Waals surface area contributed by atoms with Crippen LogP contribution in [0.4, 0.5) is 27.9 Å². The Hall–Kier alpha value is -2.37. The van der Waals surface area contributed by atoms with E-state index in [1.807, 2.05) is 0 Å². The Kier molecular flexibility index (Phi) is 6.21. The zero-order valence-electron chi connectivity index (χ0n) is 19.6. The van der Waals surface area contributed by atoms with E-state index in [-0.39, 0.29) is 24.7 Å². The number of rotatable bonds is 5. The number of fused-ring (bicyclic) bond motifs is 2. The topological polar surface area (TPSA) is 59.7 Å². The van der Waals surface area contributed by atoms with Gasteiger partial charge in [0.2, 0.25) is 11.8 Å². The first-order chi connectivity index (χ1) is 16.6. The fourth-order valence-electron chi connectivity index (χ4n) is 4.93. The monoisotopic (exact) mass is 514 g/mol. The number of piperidine rings is 1. The molecule has 5 rings (SSSR count). The molecular weight excluding hydrogens is 487 g/mol. The summed E-state index contributed by atoms with van der Waals surface area (Å²) in [6.45, 7) is 6.06. The first kappa shape index (κ1) is 24.3. The van der Waals surface area contributed by atoms with Gasteiger partial charge in [0.05, 0.1) is 5.69 Å². The average Bonchev–Trinajstić information content (AvgIpc) is 3.42. The molecule has 2 aliphatic heterocycles. The van der Waals surface area contributed by atoms with Crippen LogP contribution in [-0.2, 0) is 25.3 Å². The first-order valence-electron chi connectivity index (χ1n) is 12.0. The van der Waals surface area contributed by atoms with Gasteiger partial charge >= 0.3 is 12.1 Å². The Balaban J connectivity index is 1.51. The summed E-state index contributed by atoms with van der Waals surface area (Å²) in [6, 6.07) is 2.10. The SMILES string of the molecule is CCCc1cc2c(C3CCn4c(nnc4C(F)(F)C(F)(F)F)C3)nc(N3CCC(C)CC3)nc2s1. The van der Waals surface area contributed by atoms with E-state index in [9.17, 15) is 22.0 Å². The van der Waals surface area contributed by atoms with Crippen molar-refractivity contribution >= 4 is 27.5 Å². The van der Waals surface area contributed by atoms with Crippen LogP contribution in [-0.4, -0.2) is 44.0 Å². The molecule has 0 amide bonds. The van der Waals surface area contributed by atoms with Gasteiger partial charge in [-0.1, -0.05) is 20.3 Å². The zero-order chi connectivity index (χ0) is 25.0. The van der Waals surface area contributed by atoms with Crippen LogP contribution in [0.2, 0.25) is 0 Å². The minimum absolute atomic E-state index is 0.0258. The lowest BCUT2D eigenvalue weighted by Crippen LogP contribution is -2.37. The average molecular weight is 515 g/mol. The Labute approximate surface area is 203 Å². The standard InChI is InChI=1S/C23H27F5N6S/c1-3-4-15-12-16-18(29-21(30-19(16)35-15)33-8-5-13(2)6-9-33)14-7-10-34-17(11-14)31-32-20(34)22(24,25)23(26,27)28/h12-14H,3-11H2,1-2H3. The van der Waals surface area contributed by atoms with Crippen LogP contribution < -0.4 is 4.90 Å². The summed E-state index contributed by atoms with van der Waals surface area (Å²) < 4.78 is 67.7. The van der Waals surface area contributed by atoms with Crippen LogP contribution in [0.5, 0.6) is 0 Å². The lowest BCUT2D eigenvalue weighted by Gasteiger charge is -2.31. The van der Waals surface area contributed by atoms with Crippen molar-refractivity contribution in [1.82, 2.24) is 24.7 Å². The number of aromatic nitrogens is 5. The summed E-state index contributed by atoms with van der Waals surface area (Å²) in [5, 5.41) is 7.92. The smallest absolute Gasteiger partial charge is 0.341 e. The van der Waals surface area contributed by atoms with Crippen molar-refractivity contribution in [3.8, 4) is 0 Å². The van der Waals surface area contributed by atoms with E-state index in [1.54, 1.807) is 11.3 Å². The van der Waals surface area contributed by atoms with Gasteiger partial charge in [-0.2, -0.15) is 22.0 Å². The molecule has 0 saturated carbocycles. The van der Waals surface area contributed by atoms with Crippen molar-refractivity contribution in [2.45, 2.75) is 76.9 Å². The summed E-state index contributed by atoms with van der Waals surface area (Å²) in [6.07, 6.45) is -1.12. The molecule has 12 heteroatoms. The van der Waals surface area contributed by atoms with Gasteiger partial charge in [-0.3, -0.25) is 0 Å². The lowest BCUT2D eigenvalue weighted by atomic mass is 9.92. The van der Waals surface area contributed by atoms with Crippen LogP contribution in [0.3, 0.4) is 0 Å². The van der Waals surface area contributed by atoms with E-state index in [0.717, 1.165) is 59.3 Å². The van der Waals surface area contributed by atoms with Crippen molar-refractivity contribution in [2.75, 3.05) is 18.0 Å². The van der Waals surface area contributed by atoms with E-state index in [2.05, 4.69) is 35.0 Å². The predicted octanol–water partition coefficient (Wildman–Crippen LogP) is 5.86. The van der Waals surface area contributed by atoms with Gasteiger partial charge in [-0.25, -0.2) is 9.97 Å². The van der Waals surface area contributed by atoms with Crippen molar-refractivity contribution < 1.29 is 22.0 Å². The largest absolute Gasteiger partial charge is 0.461 e. The maximum Gasteiger partial charge on any atom is 0.461 e. The third-order valence-electron chi connectivity index (χ3n) is 7.01. The van der Waals surface area contributed by atoms with Crippen molar-refractivity contribution in [3.05, 3.63) is 28.3 Å². The number of halogens is 5. The number of hydrogen-bond acceptors (Lipinski definition) is 6. The maximum absolute atomic E-state index is 14.0. The second-order valence-electron chi connectivity index (χ2n) is 9.61. The van der Waals surface area contributed by atoms with Gasteiger partial charge < -0.3 is 9.47 Å².